The maximum atomic E-state index is 11.8. The lowest BCUT2D eigenvalue weighted by Crippen LogP contribution is -2.21. The number of esters is 1. The summed E-state index contributed by atoms with van der Waals surface area (Å²) in [5, 5.41) is 2.68. The van der Waals surface area contributed by atoms with Crippen LogP contribution in [0.2, 0.25) is 0 Å². The van der Waals surface area contributed by atoms with Crippen LogP contribution in [-0.2, 0) is 16.0 Å². The van der Waals surface area contributed by atoms with Gasteiger partial charge in [0.1, 0.15) is 11.4 Å². The Labute approximate surface area is 128 Å². The van der Waals surface area contributed by atoms with Gasteiger partial charge in [-0.2, -0.15) is 0 Å². The number of nitrogens with two attached hydrogens (primary N) is 1. The molecule has 6 heteroatoms. The molecule has 0 bridgehead atoms. The molecule has 0 aliphatic heterocycles. The molecule has 3 N–H and O–H groups in total. The number of carbonyl (C=O) groups excluding carboxylic acids is 2. The summed E-state index contributed by atoms with van der Waals surface area (Å²) in [7, 11) is 0. The van der Waals surface area contributed by atoms with Gasteiger partial charge in [-0.05, 0) is 36.2 Å². The Morgan fingerprint density at radius 2 is 2.09 bits per heavy atom. The Morgan fingerprint density at radius 1 is 1.27 bits per heavy atom. The number of ether oxygens (including phenoxy) is 1. The standard InChI is InChI=1S/C16H17N3O3/c1-2-11-5-3-6-12(9-11)19-14(20)10-22-16(21)13-7-4-8-18-15(13)17/h3-9H,2,10H2,1H3,(H2,17,18)(H,19,20). The molecule has 0 atom stereocenters. The number of aryl methyl sites for hydroxylation is 1. The van der Waals surface area contributed by atoms with Gasteiger partial charge in [0.25, 0.3) is 5.91 Å². The Hall–Kier alpha value is -2.89. The van der Waals surface area contributed by atoms with Gasteiger partial charge in [-0.1, -0.05) is 19.1 Å². The first kappa shape index (κ1) is 15.5. The second-order valence-corrected chi connectivity index (χ2v) is 4.61. The van der Waals surface area contributed by atoms with E-state index in [4.69, 9.17) is 10.5 Å². The van der Waals surface area contributed by atoms with Gasteiger partial charge in [-0.15, -0.1) is 0 Å². The predicted octanol–water partition coefficient (Wildman–Crippen LogP) is 2.02. The molecular formula is C16H17N3O3. The first-order valence-corrected chi connectivity index (χ1v) is 6.86. The van der Waals surface area contributed by atoms with Gasteiger partial charge in [-0.3, -0.25) is 4.79 Å². The largest absolute Gasteiger partial charge is 0.452 e. The van der Waals surface area contributed by atoms with Crippen molar-refractivity contribution in [3.63, 3.8) is 0 Å². The summed E-state index contributed by atoms with van der Waals surface area (Å²) in [6, 6.07) is 10.5. The van der Waals surface area contributed by atoms with Crippen molar-refractivity contribution in [2.75, 3.05) is 17.7 Å². The van der Waals surface area contributed by atoms with E-state index in [1.165, 1.54) is 12.3 Å². The number of benzene rings is 1. The minimum atomic E-state index is -0.678. The van der Waals surface area contributed by atoms with Gasteiger partial charge >= 0.3 is 5.97 Å². The number of nitrogens with zero attached hydrogens (tertiary/aromatic N) is 1. The minimum Gasteiger partial charge on any atom is -0.452 e. The van der Waals surface area contributed by atoms with E-state index in [9.17, 15) is 9.59 Å². The maximum absolute atomic E-state index is 11.8. The summed E-state index contributed by atoms with van der Waals surface area (Å²) >= 11 is 0. The fourth-order valence-corrected chi connectivity index (χ4v) is 1.87. The Bertz CT molecular complexity index is 686. The third-order valence-corrected chi connectivity index (χ3v) is 3.01. The average Bonchev–Trinajstić information content (AvgIpc) is 2.53. The molecule has 1 aromatic heterocycles. The highest BCUT2D eigenvalue weighted by Crippen LogP contribution is 2.11. The van der Waals surface area contributed by atoms with E-state index in [0.29, 0.717) is 5.69 Å². The van der Waals surface area contributed by atoms with Crippen LogP contribution in [0, 0.1) is 0 Å². The number of pyridine rings is 1. The van der Waals surface area contributed by atoms with Gasteiger partial charge < -0.3 is 15.8 Å². The van der Waals surface area contributed by atoms with Gasteiger partial charge in [0.15, 0.2) is 6.61 Å². The monoisotopic (exact) mass is 299 g/mol. The molecule has 22 heavy (non-hydrogen) atoms. The van der Waals surface area contributed by atoms with Gasteiger partial charge in [-0.25, -0.2) is 9.78 Å². The zero-order valence-corrected chi connectivity index (χ0v) is 12.2. The van der Waals surface area contributed by atoms with Crippen molar-refractivity contribution in [2.45, 2.75) is 13.3 Å². The van der Waals surface area contributed by atoms with Crippen molar-refractivity contribution in [1.29, 1.82) is 0 Å². The van der Waals surface area contributed by atoms with Crippen LogP contribution in [0.4, 0.5) is 11.5 Å². The van der Waals surface area contributed by atoms with E-state index < -0.39 is 11.9 Å². The third-order valence-electron chi connectivity index (χ3n) is 3.01. The summed E-state index contributed by atoms with van der Waals surface area (Å²) < 4.78 is 4.93. The summed E-state index contributed by atoms with van der Waals surface area (Å²) in [5.41, 5.74) is 7.49. The molecule has 0 saturated heterocycles. The highest BCUT2D eigenvalue weighted by Gasteiger charge is 2.13. The lowest BCUT2D eigenvalue weighted by atomic mass is 10.1. The highest BCUT2D eigenvalue weighted by atomic mass is 16.5. The second kappa shape index (κ2) is 7.21. The molecule has 0 radical (unpaired) electrons. The molecule has 0 spiro atoms. The SMILES string of the molecule is CCc1cccc(NC(=O)COC(=O)c2cccnc2N)c1. The number of aromatic nitrogens is 1. The van der Waals surface area contributed by atoms with E-state index in [1.54, 1.807) is 12.1 Å². The van der Waals surface area contributed by atoms with E-state index in [2.05, 4.69) is 10.3 Å². The van der Waals surface area contributed by atoms with Crippen molar-refractivity contribution in [1.82, 2.24) is 4.98 Å². The number of nitrogen functional groups attached to an aromatic ring is 1. The number of amides is 1. The normalized spacial score (nSPS) is 10.0. The molecule has 1 aromatic carbocycles. The Kier molecular flexibility index (Phi) is 5.08. The van der Waals surface area contributed by atoms with Crippen LogP contribution in [0.1, 0.15) is 22.8 Å². The lowest BCUT2D eigenvalue weighted by molar-refractivity contribution is -0.119. The van der Waals surface area contributed by atoms with Crippen molar-refractivity contribution in [3.05, 3.63) is 53.7 Å². The minimum absolute atomic E-state index is 0.0727. The number of carbonyl (C=O) groups is 2. The molecular weight excluding hydrogens is 282 g/mol. The zero-order chi connectivity index (χ0) is 15.9. The summed E-state index contributed by atoms with van der Waals surface area (Å²) in [6.07, 6.45) is 2.35. The van der Waals surface area contributed by atoms with Crippen LogP contribution < -0.4 is 11.1 Å². The fourth-order valence-electron chi connectivity index (χ4n) is 1.87. The van der Waals surface area contributed by atoms with Crippen LogP contribution >= 0.6 is 0 Å². The number of hydrogen-bond donors (Lipinski definition) is 2. The molecule has 1 amide bonds. The Balaban J connectivity index is 1.90. The van der Waals surface area contributed by atoms with Crippen LogP contribution in [0.25, 0.3) is 0 Å². The van der Waals surface area contributed by atoms with Crippen LogP contribution in [0.3, 0.4) is 0 Å². The molecule has 2 rings (SSSR count). The lowest BCUT2D eigenvalue weighted by Gasteiger charge is -2.08. The topological polar surface area (TPSA) is 94.3 Å². The predicted molar refractivity (Wildman–Crippen MR) is 83.4 cm³/mol. The van der Waals surface area contributed by atoms with E-state index in [1.807, 2.05) is 25.1 Å². The summed E-state index contributed by atoms with van der Waals surface area (Å²) in [5.74, 6) is -1.02. The van der Waals surface area contributed by atoms with E-state index in [0.717, 1.165) is 12.0 Å². The second-order valence-electron chi connectivity index (χ2n) is 4.61. The molecule has 0 unspecified atom stereocenters. The number of hydrogen-bond acceptors (Lipinski definition) is 5. The maximum Gasteiger partial charge on any atom is 0.342 e. The molecule has 6 nitrogen and oxygen atoms in total. The molecule has 2 aromatic rings. The molecule has 0 aliphatic carbocycles. The summed E-state index contributed by atoms with van der Waals surface area (Å²) in [4.78, 5) is 27.4. The number of nitrogens with one attached hydrogen (secondary N) is 1. The molecule has 0 aliphatic rings. The van der Waals surface area contributed by atoms with Crippen LogP contribution in [-0.4, -0.2) is 23.5 Å². The molecule has 1 heterocycles. The summed E-state index contributed by atoms with van der Waals surface area (Å²) in [6.45, 7) is 1.64. The van der Waals surface area contributed by atoms with E-state index >= 15 is 0 Å². The first-order chi connectivity index (χ1) is 10.6. The number of rotatable bonds is 5. The van der Waals surface area contributed by atoms with Gasteiger partial charge in [0.05, 0.1) is 0 Å². The fraction of sp³-hybridized carbons (Fsp3) is 0.188. The average molecular weight is 299 g/mol. The molecule has 0 saturated carbocycles. The van der Waals surface area contributed by atoms with Crippen molar-refractivity contribution in [3.8, 4) is 0 Å². The van der Waals surface area contributed by atoms with Crippen molar-refractivity contribution < 1.29 is 14.3 Å². The quantitative estimate of drug-likeness (QED) is 0.824. The Morgan fingerprint density at radius 3 is 2.82 bits per heavy atom. The van der Waals surface area contributed by atoms with Gasteiger partial charge in [0.2, 0.25) is 0 Å². The van der Waals surface area contributed by atoms with Gasteiger partial charge in [0, 0.05) is 11.9 Å². The van der Waals surface area contributed by atoms with Crippen molar-refractivity contribution >= 4 is 23.4 Å². The number of anilines is 2. The third kappa shape index (κ3) is 4.05. The first-order valence-electron chi connectivity index (χ1n) is 6.86. The van der Waals surface area contributed by atoms with Crippen LogP contribution in [0.15, 0.2) is 42.6 Å². The highest BCUT2D eigenvalue weighted by molar-refractivity contribution is 5.97. The van der Waals surface area contributed by atoms with Crippen molar-refractivity contribution in [2.24, 2.45) is 0 Å². The van der Waals surface area contributed by atoms with E-state index in [-0.39, 0.29) is 18.0 Å². The molecule has 0 fully saturated rings. The molecule has 114 valence electrons. The van der Waals surface area contributed by atoms with Crippen LogP contribution in [0.5, 0.6) is 0 Å². The zero-order valence-electron chi connectivity index (χ0n) is 12.2. The smallest absolute Gasteiger partial charge is 0.342 e.